The number of fused-ring (bicyclic) bond motifs is 2. The number of allylic oxidation sites excluding steroid dienone is 3. The van der Waals surface area contributed by atoms with E-state index in [2.05, 4.69) is 21.2 Å². The summed E-state index contributed by atoms with van der Waals surface area (Å²) in [5, 5.41) is 14.1. The number of benzene rings is 1. The van der Waals surface area contributed by atoms with Gasteiger partial charge in [0, 0.05) is 16.1 Å². The van der Waals surface area contributed by atoms with E-state index >= 15 is 0 Å². The van der Waals surface area contributed by atoms with Gasteiger partial charge in [-0.25, -0.2) is 0 Å². The molecule has 0 spiro atoms. The first-order chi connectivity index (χ1) is 11.0. The van der Waals surface area contributed by atoms with Crippen molar-refractivity contribution in [3.8, 4) is 0 Å². The van der Waals surface area contributed by atoms with Crippen LogP contribution >= 0.6 is 15.9 Å². The highest BCUT2D eigenvalue weighted by atomic mass is 79.9. The van der Waals surface area contributed by atoms with Gasteiger partial charge >= 0.3 is 0 Å². The van der Waals surface area contributed by atoms with Gasteiger partial charge in [-0.15, -0.1) is 0 Å². The number of Topliss-reactive ketones (excluding diaryl/α,β-unsaturated/α-hetero) is 1. The number of halogens is 1. The predicted octanol–water partition coefficient (Wildman–Crippen LogP) is 2.13. The van der Waals surface area contributed by atoms with Crippen LogP contribution in [0.3, 0.4) is 0 Å². The molecule has 1 aromatic rings. The summed E-state index contributed by atoms with van der Waals surface area (Å²) in [7, 11) is 0. The molecule has 4 atom stereocenters. The smallest absolute Gasteiger partial charge is 0.257 e. The number of hydrogen-bond donors (Lipinski definition) is 2. The Kier molecular flexibility index (Phi) is 3.32. The second kappa shape index (κ2) is 5.14. The predicted molar refractivity (Wildman–Crippen MR) is 89.1 cm³/mol. The van der Waals surface area contributed by atoms with Gasteiger partial charge in [0.2, 0.25) is 0 Å². The van der Waals surface area contributed by atoms with Crippen LogP contribution in [0.2, 0.25) is 0 Å². The summed E-state index contributed by atoms with van der Waals surface area (Å²) < 4.78 is 0. The van der Waals surface area contributed by atoms with Crippen molar-refractivity contribution in [3.63, 3.8) is 0 Å². The molecule has 3 aliphatic rings. The number of carbonyl (C=O) groups excluding carboxylic acids is 2. The zero-order chi connectivity index (χ0) is 16.2. The summed E-state index contributed by atoms with van der Waals surface area (Å²) in [6, 6.07) is 7.44. The van der Waals surface area contributed by atoms with Crippen molar-refractivity contribution in [2.75, 3.05) is 0 Å². The second-order valence-electron chi connectivity index (χ2n) is 6.32. The number of aliphatic hydroxyl groups is 1. The number of amides is 1. The normalized spacial score (nSPS) is 35.4. The molecule has 0 aromatic heterocycles. The molecule has 2 aliphatic carbocycles. The molecule has 1 amide bonds. The van der Waals surface area contributed by atoms with Gasteiger partial charge in [0.15, 0.2) is 11.4 Å². The molecule has 118 valence electrons. The summed E-state index contributed by atoms with van der Waals surface area (Å²) in [4.78, 5) is 25.3. The van der Waals surface area contributed by atoms with Gasteiger partial charge in [-0.2, -0.15) is 0 Å². The van der Waals surface area contributed by atoms with Crippen molar-refractivity contribution < 1.29 is 14.7 Å². The molecule has 2 unspecified atom stereocenters. The van der Waals surface area contributed by atoms with Crippen LogP contribution in [0.5, 0.6) is 0 Å². The molecule has 1 fully saturated rings. The van der Waals surface area contributed by atoms with Crippen molar-refractivity contribution >= 4 is 27.6 Å². The first kappa shape index (κ1) is 14.8. The number of hydrogen-bond acceptors (Lipinski definition) is 3. The lowest BCUT2D eigenvalue weighted by atomic mass is 9.67. The monoisotopic (exact) mass is 373 g/mol. The maximum absolute atomic E-state index is 12.9. The SMILES string of the molecule is O=C1c2ccccc2CC[C@@H]1[C@]1(O)C(=O)NC2=CC=CC(Br)C21. The topological polar surface area (TPSA) is 66.4 Å². The molecule has 23 heavy (non-hydrogen) atoms. The molecular formula is C18H16BrNO3. The van der Waals surface area contributed by atoms with Crippen LogP contribution in [-0.4, -0.2) is 27.2 Å². The zero-order valence-electron chi connectivity index (χ0n) is 12.3. The van der Waals surface area contributed by atoms with Crippen LogP contribution in [0.1, 0.15) is 22.3 Å². The Labute approximate surface area is 142 Å². The number of nitrogens with one attached hydrogen (secondary N) is 1. The molecule has 4 nitrogen and oxygen atoms in total. The minimum atomic E-state index is -1.71. The lowest BCUT2D eigenvalue weighted by Crippen LogP contribution is -2.55. The number of alkyl halides is 1. The lowest BCUT2D eigenvalue weighted by Gasteiger charge is -2.38. The molecule has 2 N–H and O–H groups in total. The maximum atomic E-state index is 12.9. The van der Waals surface area contributed by atoms with Crippen LogP contribution in [0.25, 0.3) is 0 Å². The van der Waals surface area contributed by atoms with Gasteiger partial charge in [-0.05, 0) is 24.5 Å². The van der Waals surface area contributed by atoms with Crippen LogP contribution in [0.15, 0.2) is 48.2 Å². The van der Waals surface area contributed by atoms with Crippen molar-refractivity contribution in [1.29, 1.82) is 0 Å². The van der Waals surface area contributed by atoms with Crippen molar-refractivity contribution in [2.45, 2.75) is 23.3 Å². The third-order valence-electron chi connectivity index (χ3n) is 5.15. The molecule has 0 radical (unpaired) electrons. The fraction of sp³-hybridized carbons (Fsp3) is 0.333. The Balaban J connectivity index is 1.78. The van der Waals surface area contributed by atoms with Gasteiger partial charge in [0.1, 0.15) is 0 Å². The van der Waals surface area contributed by atoms with E-state index in [4.69, 9.17) is 0 Å². The number of rotatable bonds is 1. The maximum Gasteiger partial charge on any atom is 0.257 e. The standard InChI is InChI=1S/C18H16BrNO3/c19-13-6-3-7-14-15(13)18(23,17(22)20-14)12-9-8-10-4-1-2-5-11(10)16(12)21/h1-7,12-13,15,23H,8-9H2,(H,20,22)/t12-,13?,15?,18+/m0/s1. The van der Waals surface area contributed by atoms with E-state index in [-0.39, 0.29) is 10.6 Å². The average Bonchev–Trinajstić information content (AvgIpc) is 2.81. The largest absolute Gasteiger partial charge is 0.378 e. The van der Waals surface area contributed by atoms with E-state index in [9.17, 15) is 14.7 Å². The number of ketones is 1. The summed E-state index contributed by atoms with van der Waals surface area (Å²) in [6.07, 6.45) is 6.69. The van der Waals surface area contributed by atoms with Gasteiger partial charge in [0.25, 0.3) is 5.91 Å². The van der Waals surface area contributed by atoms with Crippen molar-refractivity contribution in [3.05, 3.63) is 59.3 Å². The fourth-order valence-electron chi connectivity index (χ4n) is 4.02. The van der Waals surface area contributed by atoms with Crippen LogP contribution in [-0.2, 0) is 11.2 Å². The van der Waals surface area contributed by atoms with Crippen molar-refractivity contribution in [1.82, 2.24) is 5.32 Å². The Bertz CT molecular complexity index is 769. The number of aryl methyl sites for hydroxylation is 1. The zero-order valence-corrected chi connectivity index (χ0v) is 13.9. The Morgan fingerprint density at radius 3 is 2.87 bits per heavy atom. The van der Waals surface area contributed by atoms with Gasteiger partial charge < -0.3 is 10.4 Å². The first-order valence-electron chi connectivity index (χ1n) is 7.72. The highest BCUT2D eigenvalue weighted by Crippen LogP contribution is 2.46. The highest BCUT2D eigenvalue weighted by Gasteiger charge is 2.61. The third kappa shape index (κ3) is 2.00. The van der Waals surface area contributed by atoms with Gasteiger partial charge in [-0.3, -0.25) is 9.59 Å². The molecule has 1 saturated heterocycles. The summed E-state index contributed by atoms with van der Waals surface area (Å²) >= 11 is 3.53. The molecule has 1 heterocycles. The first-order valence-corrected chi connectivity index (χ1v) is 8.63. The van der Waals surface area contributed by atoms with Gasteiger partial charge in [-0.1, -0.05) is 52.3 Å². The van der Waals surface area contributed by atoms with Gasteiger partial charge in [0.05, 0.1) is 11.8 Å². The van der Waals surface area contributed by atoms with Crippen molar-refractivity contribution in [2.24, 2.45) is 11.8 Å². The minimum Gasteiger partial charge on any atom is -0.378 e. The lowest BCUT2D eigenvalue weighted by molar-refractivity contribution is -0.143. The van der Waals surface area contributed by atoms with E-state index in [1.165, 1.54) is 0 Å². The van der Waals surface area contributed by atoms with E-state index < -0.39 is 23.3 Å². The van der Waals surface area contributed by atoms with Crippen LogP contribution in [0, 0.1) is 11.8 Å². The Morgan fingerprint density at radius 2 is 2.04 bits per heavy atom. The highest BCUT2D eigenvalue weighted by molar-refractivity contribution is 9.09. The van der Waals surface area contributed by atoms with Crippen LogP contribution in [0.4, 0.5) is 0 Å². The third-order valence-corrected chi connectivity index (χ3v) is 5.99. The molecule has 1 aliphatic heterocycles. The second-order valence-corrected chi connectivity index (χ2v) is 7.38. The molecule has 1 aromatic carbocycles. The fourth-order valence-corrected chi connectivity index (χ4v) is 4.88. The summed E-state index contributed by atoms with van der Waals surface area (Å²) in [5.41, 5.74) is 0.578. The molecule has 5 heteroatoms. The molecule has 4 rings (SSSR count). The summed E-state index contributed by atoms with van der Waals surface area (Å²) in [6.45, 7) is 0. The molecular weight excluding hydrogens is 358 g/mol. The van der Waals surface area contributed by atoms with E-state index in [0.29, 0.717) is 24.1 Å². The Hall–Kier alpha value is -1.72. The van der Waals surface area contributed by atoms with E-state index in [0.717, 1.165) is 5.56 Å². The average molecular weight is 374 g/mol. The molecule has 0 bridgehead atoms. The Morgan fingerprint density at radius 1 is 1.26 bits per heavy atom. The van der Waals surface area contributed by atoms with E-state index in [1.54, 1.807) is 12.1 Å². The number of carbonyl (C=O) groups is 2. The minimum absolute atomic E-state index is 0.139. The van der Waals surface area contributed by atoms with Crippen LogP contribution < -0.4 is 5.32 Å². The molecule has 0 saturated carbocycles. The summed E-state index contributed by atoms with van der Waals surface area (Å²) in [5.74, 6) is -1.79. The van der Waals surface area contributed by atoms with E-state index in [1.807, 2.05) is 30.4 Å². The quantitative estimate of drug-likeness (QED) is 0.741.